The molecule has 2 unspecified atom stereocenters. The Kier molecular flexibility index (Phi) is 8.23. The summed E-state index contributed by atoms with van der Waals surface area (Å²) in [6.07, 6.45) is -1.07. The lowest BCUT2D eigenvalue weighted by Crippen LogP contribution is -2.68. The lowest BCUT2D eigenvalue weighted by Gasteiger charge is -2.35. The number of rotatable bonds is 7. The highest BCUT2D eigenvalue weighted by Gasteiger charge is 2.42. The molecule has 1 aliphatic rings. The van der Waals surface area contributed by atoms with Crippen LogP contribution in [0.1, 0.15) is 5.56 Å². The predicted octanol–water partition coefficient (Wildman–Crippen LogP) is 1.95. The van der Waals surface area contributed by atoms with Crippen molar-refractivity contribution in [1.82, 2.24) is 10.6 Å². The van der Waals surface area contributed by atoms with E-state index in [1.165, 1.54) is 0 Å². The number of amides is 2. The zero-order valence-corrected chi connectivity index (χ0v) is 17.2. The van der Waals surface area contributed by atoms with E-state index in [0.29, 0.717) is 11.8 Å². The fraction of sp³-hybridized carbons (Fsp3) is 0.375. The number of carbonyl (C=O) groups is 4. The third kappa shape index (κ3) is 7.75. The molecule has 2 atom stereocenters. The van der Waals surface area contributed by atoms with Gasteiger partial charge < -0.3 is 20.1 Å². The second-order valence-corrected chi connectivity index (χ2v) is 9.28. The summed E-state index contributed by atoms with van der Waals surface area (Å²) in [4.78, 5) is 46.9. The van der Waals surface area contributed by atoms with E-state index in [1.54, 1.807) is 24.3 Å². The first-order valence-electron chi connectivity index (χ1n) is 7.83. The van der Waals surface area contributed by atoms with Gasteiger partial charge in [-0.1, -0.05) is 76.9 Å². The van der Waals surface area contributed by atoms with Crippen molar-refractivity contribution in [2.45, 2.75) is 21.6 Å². The SMILES string of the molecule is O=C(Cc1ccccc1)NC1C(=O)NC1SC(=O)COC(=O)OCC(Cl)(Cl)Cl. The molecule has 8 nitrogen and oxygen atoms in total. The van der Waals surface area contributed by atoms with Gasteiger partial charge in [0.2, 0.25) is 20.7 Å². The van der Waals surface area contributed by atoms with Crippen molar-refractivity contribution in [1.29, 1.82) is 0 Å². The summed E-state index contributed by atoms with van der Waals surface area (Å²) < 4.78 is 7.30. The summed E-state index contributed by atoms with van der Waals surface area (Å²) in [5.74, 6) is -0.759. The molecule has 1 aliphatic heterocycles. The number of hydrogen-bond acceptors (Lipinski definition) is 7. The van der Waals surface area contributed by atoms with Gasteiger partial charge in [-0.05, 0) is 5.56 Å². The normalized spacial score (nSPS) is 18.5. The van der Waals surface area contributed by atoms with Crippen LogP contribution in [0.4, 0.5) is 4.79 Å². The smallest absolute Gasteiger partial charge is 0.430 e. The molecule has 28 heavy (non-hydrogen) atoms. The summed E-state index contributed by atoms with van der Waals surface area (Å²) in [6, 6.07) is 8.14. The summed E-state index contributed by atoms with van der Waals surface area (Å²) in [5.41, 5.74) is 0.793. The molecule has 12 heteroatoms. The summed E-state index contributed by atoms with van der Waals surface area (Å²) in [7, 11) is 0. The molecule has 1 heterocycles. The quantitative estimate of drug-likeness (QED) is 0.357. The molecule has 2 amide bonds. The van der Waals surface area contributed by atoms with Crippen LogP contribution in [0.5, 0.6) is 0 Å². The number of halogens is 3. The van der Waals surface area contributed by atoms with E-state index in [0.717, 1.165) is 5.56 Å². The van der Waals surface area contributed by atoms with Crippen LogP contribution in [0.2, 0.25) is 0 Å². The first kappa shape index (κ1) is 22.6. The van der Waals surface area contributed by atoms with E-state index in [2.05, 4.69) is 20.1 Å². The monoisotopic (exact) mass is 468 g/mol. The van der Waals surface area contributed by atoms with Crippen molar-refractivity contribution in [2.24, 2.45) is 0 Å². The summed E-state index contributed by atoms with van der Waals surface area (Å²) >= 11 is 16.9. The maximum absolute atomic E-state index is 12.1. The number of thioether (sulfide) groups is 1. The van der Waals surface area contributed by atoms with Crippen LogP contribution in [0.15, 0.2) is 30.3 Å². The van der Waals surface area contributed by atoms with Gasteiger partial charge in [0.1, 0.15) is 18.0 Å². The molecule has 1 aromatic carbocycles. The number of β-lactam (4-membered cyclic amide) rings is 1. The first-order valence-corrected chi connectivity index (χ1v) is 9.85. The molecule has 152 valence electrons. The number of carbonyl (C=O) groups excluding carboxylic acids is 4. The molecule has 0 bridgehead atoms. The highest BCUT2D eigenvalue weighted by Crippen LogP contribution is 2.26. The molecule has 1 aromatic rings. The number of alkyl halides is 3. The van der Waals surface area contributed by atoms with E-state index in [4.69, 9.17) is 34.8 Å². The minimum Gasteiger partial charge on any atom is -0.430 e. The minimum absolute atomic E-state index is 0.105. The van der Waals surface area contributed by atoms with Crippen molar-refractivity contribution in [2.75, 3.05) is 13.2 Å². The van der Waals surface area contributed by atoms with Crippen LogP contribution in [0, 0.1) is 0 Å². The zero-order chi connectivity index (χ0) is 20.7. The molecular weight excluding hydrogens is 455 g/mol. The zero-order valence-electron chi connectivity index (χ0n) is 14.2. The van der Waals surface area contributed by atoms with Crippen LogP contribution in [0.3, 0.4) is 0 Å². The van der Waals surface area contributed by atoms with Gasteiger partial charge in [-0.15, -0.1) is 0 Å². The average Bonchev–Trinajstić information content (AvgIpc) is 2.63. The van der Waals surface area contributed by atoms with Crippen molar-refractivity contribution in [3.63, 3.8) is 0 Å². The lowest BCUT2D eigenvalue weighted by molar-refractivity contribution is -0.134. The largest absolute Gasteiger partial charge is 0.508 e. The highest BCUT2D eigenvalue weighted by atomic mass is 35.6. The third-order valence-corrected chi connectivity index (χ3v) is 4.67. The Hall–Kier alpha value is -1.68. The minimum atomic E-state index is -1.79. The third-order valence-electron chi connectivity index (χ3n) is 3.31. The van der Waals surface area contributed by atoms with Crippen LogP contribution >= 0.6 is 46.6 Å². The Balaban J connectivity index is 1.72. The van der Waals surface area contributed by atoms with Gasteiger partial charge in [0.15, 0.2) is 6.61 Å². The molecular formula is C16H15Cl3N2O6S. The first-order chi connectivity index (χ1) is 13.1. The number of hydrogen-bond donors (Lipinski definition) is 2. The van der Waals surface area contributed by atoms with E-state index in [9.17, 15) is 19.2 Å². The summed E-state index contributed by atoms with van der Waals surface area (Å²) in [6.45, 7) is -1.15. The molecule has 0 aliphatic carbocycles. The van der Waals surface area contributed by atoms with Gasteiger partial charge in [-0.3, -0.25) is 14.4 Å². The van der Waals surface area contributed by atoms with E-state index in [1.807, 2.05) is 6.07 Å². The van der Waals surface area contributed by atoms with Gasteiger partial charge in [0.25, 0.3) is 0 Å². The van der Waals surface area contributed by atoms with Gasteiger partial charge in [-0.25, -0.2) is 4.79 Å². The standard InChI is InChI=1S/C16H15Cl3N2O6S/c17-16(18,19)8-27-15(25)26-7-11(23)28-14-12(13(24)21-14)20-10(22)6-9-4-2-1-3-5-9/h1-5,12,14H,6-8H2,(H,20,22)(H,21,24). The van der Waals surface area contributed by atoms with E-state index in [-0.39, 0.29) is 12.3 Å². The van der Waals surface area contributed by atoms with Crippen LogP contribution in [0.25, 0.3) is 0 Å². The number of nitrogens with one attached hydrogen (secondary N) is 2. The molecule has 0 saturated carbocycles. The molecule has 2 rings (SSSR count). The molecule has 1 saturated heterocycles. The van der Waals surface area contributed by atoms with Crippen molar-refractivity contribution in [3.8, 4) is 0 Å². The van der Waals surface area contributed by atoms with Gasteiger partial charge in [0.05, 0.1) is 6.42 Å². The topological polar surface area (TPSA) is 111 Å². The second-order valence-electron chi connectivity index (χ2n) is 5.57. The second kappa shape index (κ2) is 10.2. The van der Waals surface area contributed by atoms with Gasteiger partial charge in [-0.2, -0.15) is 0 Å². The van der Waals surface area contributed by atoms with Crippen molar-refractivity contribution in [3.05, 3.63) is 35.9 Å². The molecule has 0 radical (unpaired) electrons. The van der Waals surface area contributed by atoms with Crippen molar-refractivity contribution < 1.29 is 28.7 Å². The Bertz CT molecular complexity index is 744. The van der Waals surface area contributed by atoms with Gasteiger partial charge >= 0.3 is 6.16 Å². The van der Waals surface area contributed by atoms with Crippen LogP contribution < -0.4 is 10.6 Å². The van der Waals surface area contributed by atoms with E-state index < -0.39 is 45.6 Å². The Morgan fingerprint density at radius 1 is 1.14 bits per heavy atom. The summed E-state index contributed by atoms with van der Waals surface area (Å²) in [5, 5.41) is 3.84. The van der Waals surface area contributed by atoms with Gasteiger partial charge in [0, 0.05) is 0 Å². The number of ether oxygens (including phenoxy) is 2. The molecule has 2 N–H and O–H groups in total. The lowest BCUT2D eigenvalue weighted by atomic mass is 10.1. The Labute approximate surface area is 179 Å². The van der Waals surface area contributed by atoms with E-state index >= 15 is 0 Å². The fourth-order valence-corrected chi connectivity index (χ4v) is 3.15. The van der Waals surface area contributed by atoms with Crippen LogP contribution in [-0.2, 0) is 30.3 Å². The average molecular weight is 470 g/mol. The maximum atomic E-state index is 12.1. The Morgan fingerprint density at radius 2 is 1.82 bits per heavy atom. The highest BCUT2D eigenvalue weighted by molar-refractivity contribution is 8.14. The Morgan fingerprint density at radius 3 is 2.43 bits per heavy atom. The number of benzene rings is 1. The van der Waals surface area contributed by atoms with Crippen molar-refractivity contribution >= 4 is 69.6 Å². The maximum Gasteiger partial charge on any atom is 0.508 e. The molecule has 0 spiro atoms. The molecule has 0 aromatic heterocycles. The fourth-order valence-electron chi connectivity index (χ4n) is 2.07. The predicted molar refractivity (Wildman–Crippen MR) is 104 cm³/mol. The van der Waals surface area contributed by atoms with Crippen LogP contribution in [-0.4, -0.2) is 51.5 Å². The molecule has 1 fully saturated rings.